The molecule has 0 saturated carbocycles. The molecule has 3 aromatic rings. The van der Waals surface area contributed by atoms with Crippen LogP contribution in [0.1, 0.15) is 39.6 Å². The number of H-pyrrole nitrogens is 1. The molecule has 0 fully saturated rings. The molecule has 0 bridgehead atoms. The molecule has 2 heterocycles. The number of amides is 1. The van der Waals surface area contributed by atoms with Gasteiger partial charge in [0.15, 0.2) is 6.61 Å². The summed E-state index contributed by atoms with van der Waals surface area (Å²) in [4.78, 5) is 41.1. The van der Waals surface area contributed by atoms with Gasteiger partial charge in [0, 0.05) is 22.2 Å². The van der Waals surface area contributed by atoms with Gasteiger partial charge in [0.2, 0.25) is 5.78 Å². The van der Waals surface area contributed by atoms with E-state index >= 15 is 0 Å². The maximum atomic E-state index is 12.7. The second kappa shape index (κ2) is 8.39. The number of thiophene rings is 1. The van der Waals surface area contributed by atoms with Crippen molar-refractivity contribution in [3.8, 4) is 0 Å². The summed E-state index contributed by atoms with van der Waals surface area (Å²) in [5.41, 5.74) is 2.11. The fourth-order valence-corrected chi connectivity index (χ4v) is 3.68. The van der Waals surface area contributed by atoms with E-state index in [1.807, 2.05) is 45.0 Å². The maximum absolute atomic E-state index is 12.7. The molecule has 1 amide bonds. The Bertz CT molecular complexity index is 1000. The van der Waals surface area contributed by atoms with Crippen molar-refractivity contribution < 1.29 is 19.1 Å². The molecule has 28 heavy (non-hydrogen) atoms. The molecule has 3 rings (SSSR count). The standard InChI is InChI=1S/C21H22N2O4S/c1-12(2)19(23-20(25)17-9-6-10-28-17)21(26)27-11-16(24)18-13(3)22-15-8-5-4-7-14(15)18/h4-10,12,19,22H,11H2,1-3H3,(H,23,25)/t19-/m1/s1. The van der Waals surface area contributed by atoms with Crippen LogP contribution in [0.3, 0.4) is 0 Å². The first kappa shape index (κ1) is 19.8. The molecule has 0 unspecified atom stereocenters. The average Bonchev–Trinajstić information content (AvgIpc) is 3.30. The SMILES string of the molecule is Cc1[nH]c2ccccc2c1C(=O)COC(=O)[C@H](NC(=O)c1cccs1)C(C)C. The van der Waals surface area contributed by atoms with Crippen LogP contribution in [0, 0.1) is 12.8 Å². The molecule has 146 valence electrons. The number of fused-ring (bicyclic) bond motifs is 1. The van der Waals surface area contributed by atoms with Crippen LogP contribution in [0.4, 0.5) is 0 Å². The molecule has 2 aromatic heterocycles. The summed E-state index contributed by atoms with van der Waals surface area (Å²) in [6, 6.07) is 10.1. The number of hydrogen-bond acceptors (Lipinski definition) is 5. The van der Waals surface area contributed by atoms with Crippen LogP contribution in [-0.4, -0.2) is 35.3 Å². The molecule has 1 atom stereocenters. The Balaban J connectivity index is 1.67. The Labute approximate surface area is 166 Å². The minimum Gasteiger partial charge on any atom is -0.456 e. The molecule has 0 aliphatic rings. The Morgan fingerprint density at radius 2 is 1.89 bits per heavy atom. The van der Waals surface area contributed by atoms with E-state index in [1.165, 1.54) is 11.3 Å². The number of carbonyl (C=O) groups excluding carboxylic acids is 3. The van der Waals surface area contributed by atoms with Crippen LogP contribution in [-0.2, 0) is 9.53 Å². The fourth-order valence-electron chi connectivity index (χ4n) is 3.05. The number of rotatable bonds is 7. The summed E-state index contributed by atoms with van der Waals surface area (Å²) in [7, 11) is 0. The molecule has 2 N–H and O–H groups in total. The fraction of sp³-hybridized carbons (Fsp3) is 0.286. The lowest BCUT2D eigenvalue weighted by atomic mass is 10.0. The monoisotopic (exact) mass is 398 g/mol. The van der Waals surface area contributed by atoms with E-state index in [-0.39, 0.29) is 24.2 Å². The number of carbonyl (C=O) groups is 3. The number of ether oxygens (including phenoxy) is 1. The molecule has 7 heteroatoms. The van der Waals surface area contributed by atoms with E-state index in [9.17, 15) is 14.4 Å². The van der Waals surface area contributed by atoms with Crippen molar-refractivity contribution in [2.45, 2.75) is 26.8 Å². The number of hydrogen-bond donors (Lipinski definition) is 2. The van der Waals surface area contributed by atoms with Crippen LogP contribution in [0.2, 0.25) is 0 Å². The van der Waals surface area contributed by atoms with E-state index < -0.39 is 12.0 Å². The summed E-state index contributed by atoms with van der Waals surface area (Å²) in [6.07, 6.45) is 0. The van der Waals surface area contributed by atoms with Gasteiger partial charge < -0.3 is 15.0 Å². The molecular weight excluding hydrogens is 376 g/mol. The highest BCUT2D eigenvalue weighted by atomic mass is 32.1. The maximum Gasteiger partial charge on any atom is 0.329 e. The Kier molecular flexibility index (Phi) is 5.94. The molecular formula is C21H22N2O4S. The molecule has 0 aliphatic heterocycles. The van der Waals surface area contributed by atoms with Crippen LogP contribution in [0.5, 0.6) is 0 Å². The van der Waals surface area contributed by atoms with Gasteiger partial charge in [-0.15, -0.1) is 11.3 Å². The topological polar surface area (TPSA) is 88.3 Å². The van der Waals surface area contributed by atoms with Crippen molar-refractivity contribution in [2.75, 3.05) is 6.61 Å². The van der Waals surface area contributed by atoms with Gasteiger partial charge >= 0.3 is 5.97 Å². The van der Waals surface area contributed by atoms with E-state index in [4.69, 9.17) is 4.74 Å². The van der Waals surface area contributed by atoms with Gasteiger partial charge in [-0.3, -0.25) is 9.59 Å². The van der Waals surface area contributed by atoms with Crippen LogP contribution in [0.15, 0.2) is 41.8 Å². The van der Waals surface area contributed by atoms with E-state index in [1.54, 1.807) is 17.5 Å². The third-order valence-corrected chi connectivity index (χ3v) is 5.34. The lowest BCUT2D eigenvalue weighted by Gasteiger charge is -2.20. The lowest BCUT2D eigenvalue weighted by molar-refractivity contribution is -0.145. The van der Waals surface area contributed by atoms with Gasteiger partial charge in [-0.2, -0.15) is 0 Å². The van der Waals surface area contributed by atoms with Gasteiger partial charge in [0.25, 0.3) is 5.91 Å². The zero-order chi connectivity index (χ0) is 20.3. The van der Waals surface area contributed by atoms with E-state index in [0.717, 1.165) is 16.6 Å². The Morgan fingerprint density at radius 1 is 1.14 bits per heavy atom. The summed E-state index contributed by atoms with van der Waals surface area (Å²) in [5, 5.41) is 5.29. The first-order valence-electron chi connectivity index (χ1n) is 9.00. The van der Waals surface area contributed by atoms with Crippen LogP contribution in [0.25, 0.3) is 10.9 Å². The number of ketones is 1. The van der Waals surface area contributed by atoms with Crippen molar-refractivity contribution in [3.63, 3.8) is 0 Å². The normalized spacial score (nSPS) is 12.1. The first-order chi connectivity index (χ1) is 13.4. The Hall–Kier alpha value is -2.93. The summed E-state index contributed by atoms with van der Waals surface area (Å²) in [5.74, 6) is -1.41. The molecule has 0 saturated heterocycles. The van der Waals surface area contributed by atoms with Gasteiger partial charge in [0.05, 0.1) is 4.88 Å². The number of para-hydroxylation sites is 1. The predicted molar refractivity (Wildman–Crippen MR) is 109 cm³/mol. The van der Waals surface area contributed by atoms with E-state index in [0.29, 0.717) is 10.4 Å². The van der Waals surface area contributed by atoms with E-state index in [2.05, 4.69) is 10.3 Å². The highest BCUT2D eigenvalue weighted by molar-refractivity contribution is 7.12. The van der Waals surface area contributed by atoms with Crippen LogP contribution < -0.4 is 5.32 Å². The minimum absolute atomic E-state index is 0.179. The predicted octanol–water partition coefficient (Wildman–Crippen LogP) is 3.72. The van der Waals surface area contributed by atoms with Gasteiger partial charge in [-0.05, 0) is 30.4 Å². The number of benzene rings is 1. The molecule has 0 spiro atoms. The number of nitrogens with one attached hydrogen (secondary N) is 2. The number of esters is 1. The second-order valence-electron chi connectivity index (χ2n) is 6.87. The van der Waals surface area contributed by atoms with Crippen molar-refractivity contribution in [2.24, 2.45) is 5.92 Å². The molecule has 0 radical (unpaired) electrons. The minimum atomic E-state index is -0.827. The number of aryl methyl sites for hydroxylation is 1. The Morgan fingerprint density at radius 3 is 2.57 bits per heavy atom. The number of Topliss-reactive ketones (excluding diaryl/α,β-unsaturated/α-hetero) is 1. The number of aromatic nitrogens is 1. The first-order valence-corrected chi connectivity index (χ1v) is 9.88. The average molecular weight is 398 g/mol. The second-order valence-corrected chi connectivity index (χ2v) is 7.82. The highest BCUT2D eigenvalue weighted by Crippen LogP contribution is 2.22. The molecule has 1 aromatic carbocycles. The third-order valence-electron chi connectivity index (χ3n) is 4.47. The third kappa shape index (κ3) is 4.14. The van der Waals surface area contributed by atoms with Crippen molar-refractivity contribution in [3.05, 3.63) is 57.9 Å². The van der Waals surface area contributed by atoms with Crippen LogP contribution >= 0.6 is 11.3 Å². The van der Waals surface area contributed by atoms with Crippen molar-refractivity contribution in [1.82, 2.24) is 10.3 Å². The smallest absolute Gasteiger partial charge is 0.329 e. The zero-order valence-corrected chi connectivity index (χ0v) is 16.8. The molecule has 6 nitrogen and oxygen atoms in total. The lowest BCUT2D eigenvalue weighted by Crippen LogP contribution is -2.45. The van der Waals surface area contributed by atoms with Gasteiger partial charge in [0.1, 0.15) is 6.04 Å². The largest absolute Gasteiger partial charge is 0.456 e. The summed E-state index contributed by atoms with van der Waals surface area (Å²) >= 11 is 1.29. The van der Waals surface area contributed by atoms with Crippen molar-refractivity contribution in [1.29, 1.82) is 0 Å². The van der Waals surface area contributed by atoms with Gasteiger partial charge in [-0.1, -0.05) is 38.1 Å². The van der Waals surface area contributed by atoms with Gasteiger partial charge in [-0.25, -0.2) is 4.79 Å². The zero-order valence-electron chi connectivity index (χ0n) is 15.9. The number of aromatic amines is 1. The quantitative estimate of drug-likeness (QED) is 0.469. The summed E-state index contributed by atoms with van der Waals surface area (Å²) < 4.78 is 5.26. The van der Waals surface area contributed by atoms with Crippen molar-refractivity contribution >= 4 is 39.9 Å². The summed E-state index contributed by atoms with van der Waals surface area (Å²) in [6.45, 7) is 5.06. The molecule has 0 aliphatic carbocycles. The highest BCUT2D eigenvalue weighted by Gasteiger charge is 2.27.